The molecular formula is C23H32O7. The van der Waals surface area contributed by atoms with Crippen molar-refractivity contribution in [1.82, 2.24) is 0 Å². The molecule has 2 aliphatic heterocycles. The number of aliphatic hydroxyl groups excluding tert-OH is 2. The normalized spacial score (nSPS) is 37.1. The van der Waals surface area contributed by atoms with E-state index in [0.29, 0.717) is 30.4 Å². The number of hydrogen-bond acceptors (Lipinski definition) is 7. The Labute approximate surface area is 177 Å². The van der Waals surface area contributed by atoms with Gasteiger partial charge in [0, 0.05) is 36.5 Å². The number of aliphatic hydroxyl groups is 2. The summed E-state index contributed by atoms with van der Waals surface area (Å²) in [5.41, 5.74) is 0.411. The van der Waals surface area contributed by atoms with Crippen LogP contribution >= 0.6 is 0 Å². The predicted molar refractivity (Wildman–Crippen MR) is 107 cm³/mol. The van der Waals surface area contributed by atoms with Gasteiger partial charge in [-0.3, -0.25) is 9.59 Å². The highest BCUT2D eigenvalue weighted by atomic mass is 16.6. The number of Topliss-reactive ketones (excluding diaryl/α,β-unsaturated/α-hetero) is 1. The van der Waals surface area contributed by atoms with Gasteiger partial charge in [-0.2, -0.15) is 0 Å². The fourth-order valence-corrected chi connectivity index (χ4v) is 6.28. The highest BCUT2D eigenvalue weighted by molar-refractivity contribution is 6.09. The Kier molecular flexibility index (Phi) is 5.36. The Morgan fingerprint density at radius 3 is 2.70 bits per heavy atom. The minimum absolute atomic E-state index is 0.129. The van der Waals surface area contributed by atoms with Gasteiger partial charge in [0.05, 0.1) is 19.3 Å². The first-order chi connectivity index (χ1) is 14.2. The van der Waals surface area contributed by atoms with Gasteiger partial charge < -0.3 is 24.4 Å². The average Bonchev–Trinajstić information content (AvgIpc) is 3.13. The average molecular weight is 421 g/mol. The van der Waals surface area contributed by atoms with Crippen molar-refractivity contribution in [2.45, 2.75) is 83.2 Å². The summed E-state index contributed by atoms with van der Waals surface area (Å²) >= 11 is 0. The van der Waals surface area contributed by atoms with Gasteiger partial charge >= 0.3 is 5.97 Å². The number of ketones is 1. The molecule has 2 bridgehead atoms. The van der Waals surface area contributed by atoms with Gasteiger partial charge in [0.1, 0.15) is 5.60 Å². The van der Waals surface area contributed by atoms with Gasteiger partial charge in [0.15, 0.2) is 11.9 Å². The van der Waals surface area contributed by atoms with E-state index >= 15 is 0 Å². The van der Waals surface area contributed by atoms with Crippen LogP contribution in [0.4, 0.5) is 0 Å². The number of carbonyl (C=O) groups is 2. The molecule has 0 aromatic heterocycles. The van der Waals surface area contributed by atoms with E-state index < -0.39 is 35.3 Å². The standard InChI is InChI=1S/C23H32O7/c1-12(25)29-20-14-8-7-13(6-5-9-24)10-15(14)17(27)18(28-4)19-22(2,3)21-16(26)11-23(19,20)30-21/h13,16,20-21,24,26H,5-11H2,1-4H3/t13?,16-,20-,21-,23+/m0/s1. The van der Waals surface area contributed by atoms with Gasteiger partial charge in [-0.1, -0.05) is 13.8 Å². The van der Waals surface area contributed by atoms with Crippen LogP contribution < -0.4 is 0 Å². The van der Waals surface area contributed by atoms with Gasteiger partial charge in [0.25, 0.3) is 0 Å². The Balaban J connectivity index is 1.89. The van der Waals surface area contributed by atoms with Crippen LogP contribution in [0, 0.1) is 11.3 Å². The van der Waals surface area contributed by atoms with Crippen molar-refractivity contribution in [3.8, 4) is 0 Å². The molecule has 5 atom stereocenters. The third kappa shape index (κ3) is 2.97. The summed E-state index contributed by atoms with van der Waals surface area (Å²) in [7, 11) is 1.49. The summed E-state index contributed by atoms with van der Waals surface area (Å²) < 4.78 is 18.0. The monoisotopic (exact) mass is 420 g/mol. The SMILES string of the molecule is COC1=C2C(C)(C)[C@H]3O[C@@]2(C[C@@H]3O)[C@@H](OC(C)=O)C2=C(CC(CCCO)CC2)C1=O. The molecule has 0 radical (unpaired) electrons. The molecule has 1 spiro atoms. The van der Waals surface area contributed by atoms with Crippen LogP contribution in [0.15, 0.2) is 22.5 Å². The largest absolute Gasteiger partial charge is 0.493 e. The van der Waals surface area contributed by atoms with Crippen LogP contribution in [-0.2, 0) is 23.8 Å². The molecule has 2 saturated heterocycles. The smallest absolute Gasteiger partial charge is 0.303 e. The number of allylic oxidation sites excluding steroid dienone is 1. The van der Waals surface area contributed by atoms with Gasteiger partial charge in [0.2, 0.25) is 5.78 Å². The van der Waals surface area contributed by atoms with Crippen LogP contribution in [0.5, 0.6) is 0 Å². The number of fused-ring (bicyclic) bond motifs is 1. The molecule has 2 aliphatic carbocycles. The first-order valence-corrected chi connectivity index (χ1v) is 10.9. The molecule has 2 fully saturated rings. The van der Waals surface area contributed by atoms with Gasteiger partial charge in [-0.05, 0) is 43.6 Å². The molecule has 2 N–H and O–H groups in total. The van der Waals surface area contributed by atoms with Gasteiger partial charge in [-0.15, -0.1) is 0 Å². The lowest BCUT2D eigenvalue weighted by atomic mass is 9.64. The molecule has 2 heterocycles. The number of hydrogen-bond donors (Lipinski definition) is 2. The molecule has 7 nitrogen and oxygen atoms in total. The maximum Gasteiger partial charge on any atom is 0.303 e. The minimum Gasteiger partial charge on any atom is -0.493 e. The van der Waals surface area contributed by atoms with E-state index in [-0.39, 0.29) is 30.5 Å². The summed E-state index contributed by atoms with van der Waals surface area (Å²) in [5, 5.41) is 19.9. The third-order valence-corrected chi connectivity index (χ3v) is 7.39. The Hall–Kier alpha value is -1.70. The van der Waals surface area contributed by atoms with Crippen LogP contribution in [0.2, 0.25) is 0 Å². The number of carbonyl (C=O) groups excluding carboxylic acids is 2. The second-order valence-electron chi connectivity index (χ2n) is 9.63. The topological polar surface area (TPSA) is 102 Å². The first-order valence-electron chi connectivity index (χ1n) is 10.9. The molecular weight excluding hydrogens is 388 g/mol. The quantitative estimate of drug-likeness (QED) is 0.658. The lowest BCUT2D eigenvalue weighted by molar-refractivity contribution is -0.156. The molecule has 0 aromatic carbocycles. The summed E-state index contributed by atoms with van der Waals surface area (Å²) in [4.78, 5) is 25.8. The number of methoxy groups -OCH3 is 1. The Morgan fingerprint density at radius 1 is 1.33 bits per heavy atom. The predicted octanol–water partition coefficient (Wildman–Crippen LogP) is 2.20. The fraction of sp³-hybridized carbons (Fsp3) is 0.739. The van der Waals surface area contributed by atoms with Crippen molar-refractivity contribution >= 4 is 11.8 Å². The maximum atomic E-state index is 13.7. The van der Waals surface area contributed by atoms with Crippen molar-refractivity contribution in [3.05, 3.63) is 22.5 Å². The van der Waals surface area contributed by atoms with E-state index in [1.807, 2.05) is 13.8 Å². The highest BCUT2D eigenvalue weighted by Crippen LogP contribution is 2.63. The van der Waals surface area contributed by atoms with E-state index in [0.717, 1.165) is 18.4 Å². The zero-order valence-electron chi connectivity index (χ0n) is 18.2. The molecule has 7 heteroatoms. The molecule has 4 aliphatic rings. The fourth-order valence-electron chi connectivity index (χ4n) is 6.28. The second kappa shape index (κ2) is 7.46. The lowest BCUT2D eigenvalue weighted by Gasteiger charge is -2.41. The van der Waals surface area contributed by atoms with E-state index in [2.05, 4.69) is 0 Å². The van der Waals surface area contributed by atoms with Crippen molar-refractivity contribution in [2.75, 3.05) is 13.7 Å². The zero-order valence-corrected chi connectivity index (χ0v) is 18.2. The van der Waals surface area contributed by atoms with Gasteiger partial charge in [-0.25, -0.2) is 0 Å². The molecule has 0 aromatic rings. The van der Waals surface area contributed by atoms with E-state index in [1.165, 1.54) is 14.0 Å². The molecule has 166 valence electrons. The van der Waals surface area contributed by atoms with E-state index in [4.69, 9.17) is 14.2 Å². The van der Waals surface area contributed by atoms with E-state index in [9.17, 15) is 19.8 Å². The van der Waals surface area contributed by atoms with Crippen molar-refractivity contribution in [3.63, 3.8) is 0 Å². The van der Waals surface area contributed by atoms with E-state index in [1.54, 1.807) is 0 Å². The second-order valence-corrected chi connectivity index (χ2v) is 9.63. The van der Waals surface area contributed by atoms with Crippen LogP contribution in [0.1, 0.15) is 59.3 Å². The number of ether oxygens (including phenoxy) is 3. The van der Waals surface area contributed by atoms with Crippen molar-refractivity contribution in [1.29, 1.82) is 0 Å². The number of esters is 1. The number of rotatable bonds is 5. The molecule has 4 rings (SSSR count). The summed E-state index contributed by atoms with van der Waals surface area (Å²) in [6.07, 6.45) is 1.88. The molecule has 0 saturated carbocycles. The molecule has 1 unspecified atom stereocenters. The first kappa shape index (κ1) is 21.5. The third-order valence-electron chi connectivity index (χ3n) is 7.39. The lowest BCUT2D eigenvalue weighted by Crippen LogP contribution is -2.50. The van der Waals surface area contributed by atoms with Crippen LogP contribution in [0.3, 0.4) is 0 Å². The zero-order chi connectivity index (χ0) is 21.8. The van der Waals surface area contributed by atoms with Crippen LogP contribution in [-0.4, -0.2) is 59.6 Å². The van der Waals surface area contributed by atoms with Crippen LogP contribution in [0.25, 0.3) is 0 Å². The summed E-state index contributed by atoms with van der Waals surface area (Å²) in [6, 6.07) is 0. The summed E-state index contributed by atoms with van der Waals surface area (Å²) in [6.45, 7) is 5.38. The minimum atomic E-state index is -1.09. The van der Waals surface area contributed by atoms with Crippen molar-refractivity contribution in [2.24, 2.45) is 11.3 Å². The molecule has 0 amide bonds. The Morgan fingerprint density at radius 2 is 2.07 bits per heavy atom. The maximum absolute atomic E-state index is 13.7. The summed E-state index contributed by atoms with van der Waals surface area (Å²) in [5.74, 6) is -0.0574. The Bertz CT molecular complexity index is 823. The highest BCUT2D eigenvalue weighted by Gasteiger charge is 2.70. The van der Waals surface area contributed by atoms with Crippen molar-refractivity contribution < 1.29 is 34.0 Å². The molecule has 30 heavy (non-hydrogen) atoms.